The fraction of sp³-hybridized carbons (Fsp3) is 0.0943. The summed E-state index contributed by atoms with van der Waals surface area (Å²) in [6.45, 7) is 9.09. The normalized spacial score (nSPS) is 12.9. The summed E-state index contributed by atoms with van der Waals surface area (Å²) >= 11 is 1.87. The van der Waals surface area contributed by atoms with E-state index in [0.717, 1.165) is 62.5 Å². The first-order valence-electron chi connectivity index (χ1n) is 20.4. The highest BCUT2D eigenvalue weighted by atomic mass is 32.1. The van der Waals surface area contributed by atoms with E-state index in [4.69, 9.17) is 8.83 Å². The highest BCUT2D eigenvalue weighted by Crippen LogP contribution is 2.45. The number of aryl methyl sites for hydroxylation is 1. The van der Waals surface area contributed by atoms with Crippen molar-refractivity contribution in [2.24, 2.45) is 0 Å². The van der Waals surface area contributed by atoms with E-state index in [1.54, 1.807) is 0 Å². The van der Waals surface area contributed by atoms with Gasteiger partial charge in [-0.05, 0) is 101 Å². The van der Waals surface area contributed by atoms with Crippen LogP contribution < -0.4 is 16.2 Å². The Labute approximate surface area is 344 Å². The number of anilines is 2. The average molecular weight is 777 g/mol. The van der Waals surface area contributed by atoms with Gasteiger partial charge in [0.2, 0.25) is 0 Å². The molecule has 4 aromatic heterocycles. The monoisotopic (exact) mass is 776 g/mol. The summed E-state index contributed by atoms with van der Waals surface area (Å²) in [6, 6.07) is 51.1. The number of thiophene rings is 1. The third-order valence-electron chi connectivity index (χ3n) is 12.9. The number of rotatable bonds is 3. The SMILES string of the molecule is Cc1cc(-c2cc3sc4ccccc4c3cc2Nc2ccc(C(C)(C)C)cc2)c2c3c1c1cc4oc5ccccc5c4cc1n3-c1cc3c(cc1B2)oc1ccccc13. The molecule has 0 saturated carbocycles. The Hall–Kier alpha value is -6.76. The maximum absolute atomic E-state index is 6.54. The van der Waals surface area contributed by atoms with Crippen molar-refractivity contribution in [3.63, 3.8) is 0 Å². The van der Waals surface area contributed by atoms with Crippen molar-refractivity contribution < 1.29 is 8.83 Å². The second-order valence-electron chi connectivity index (χ2n) is 17.4. The summed E-state index contributed by atoms with van der Waals surface area (Å²) in [4.78, 5) is 0. The van der Waals surface area contributed by atoms with Crippen molar-refractivity contribution in [1.29, 1.82) is 0 Å². The molecule has 0 bridgehead atoms. The second-order valence-corrected chi connectivity index (χ2v) is 18.5. The van der Waals surface area contributed by atoms with E-state index < -0.39 is 0 Å². The van der Waals surface area contributed by atoms with Crippen LogP contribution in [0.3, 0.4) is 0 Å². The highest BCUT2D eigenvalue weighted by molar-refractivity contribution is 7.25. The Morgan fingerprint density at radius 1 is 0.576 bits per heavy atom. The van der Waals surface area contributed by atoms with Gasteiger partial charge in [-0.15, -0.1) is 11.3 Å². The molecule has 4 nitrogen and oxygen atoms in total. The number of para-hydroxylation sites is 2. The Balaban J connectivity index is 1.13. The van der Waals surface area contributed by atoms with Gasteiger partial charge >= 0.3 is 0 Å². The molecule has 1 aliphatic rings. The lowest BCUT2D eigenvalue weighted by Crippen LogP contribution is -2.37. The number of benzene rings is 8. The molecule has 12 aromatic rings. The first-order chi connectivity index (χ1) is 28.7. The fourth-order valence-electron chi connectivity index (χ4n) is 10.0. The van der Waals surface area contributed by atoms with E-state index in [-0.39, 0.29) is 5.41 Å². The summed E-state index contributed by atoms with van der Waals surface area (Å²) < 4.78 is 18.2. The van der Waals surface area contributed by atoms with Gasteiger partial charge in [0.15, 0.2) is 7.28 Å². The molecule has 8 aromatic carbocycles. The molecule has 0 amide bonds. The van der Waals surface area contributed by atoms with Crippen LogP contribution in [0.1, 0.15) is 31.9 Å². The van der Waals surface area contributed by atoms with Crippen LogP contribution in [-0.2, 0) is 5.41 Å². The maximum atomic E-state index is 6.54. The highest BCUT2D eigenvalue weighted by Gasteiger charge is 2.30. The molecule has 59 heavy (non-hydrogen) atoms. The lowest BCUT2D eigenvalue weighted by molar-refractivity contribution is 0.590. The van der Waals surface area contributed by atoms with Crippen LogP contribution >= 0.6 is 11.3 Å². The molecule has 0 fully saturated rings. The average Bonchev–Trinajstić information content (AvgIpc) is 3.99. The van der Waals surface area contributed by atoms with Crippen molar-refractivity contribution >= 4 is 127 Å². The van der Waals surface area contributed by atoms with E-state index >= 15 is 0 Å². The molecule has 1 N–H and O–H groups in total. The van der Waals surface area contributed by atoms with Gasteiger partial charge in [-0.3, -0.25) is 0 Å². The molecule has 13 rings (SSSR count). The van der Waals surface area contributed by atoms with Crippen LogP contribution in [0.2, 0.25) is 0 Å². The zero-order chi connectivity index (χ0) is 39.3. The van der Waals surface area contributed by atoms with Crippen molar-refractivity contribution in [3.05, 3.63) is 151 Å². The summed E-state index contributed by atoms with van der Waals surface area (Å²) in [7, 11) is 0.772. The Morgan fingerprint density at radius 2 is 1.25 bits per heavy atom. The molecule has 0 radical (unpaired) electrons. The fourth-order valence-corrected chi connectivity index (χ4v) is 11.1. The van der Waals surface area contributed by atoms with E-state index in [9.17, 15) is 0 Å². The first-order valence-corrected chi connectivity index (χ1v) is 21.3. The van der Waals surface area contributed by atoms with Crippen LogP contribution in [0.4, 0.5) is 11.4 Å². The van der Waals surface area contributed by atoms with Crippen LogP contribution in [0.25, 0.3) is 103 Å². The summed E-state index contributed by atoms with van der Waals surface area (Å²) in [5, 5.41) is 13.5. The molecule has 0 unspecified atom stereocenters. The van der Waals surface area contributed by atoms with Crippen LogP contribution in [-0.4, -0.2) is 11.8 Å². The third kappa shape index (κ3) is 4.72. The van der Waals surface area contributed by atoms with Gasteiger partial charge in [-0.1, -0.05) is 99.0 Å². The molecule has 5 heterocycles. The zero-order valence-electron chi connectivity index (χ0n) is 33.2. The van der Waals surface area contributed by atoms with Crippen molar-refractivity contribution in [2.75, 3.05) is 5.32 Å². The summed E-state index contributed by atoms with van der Waals surface area (Å²) in [5.41, 5.74) is 17.2. The van der Waals surface area contributed by atoms with E-state index in [1.165, 1.54) is 80.8 Å². The number of hydrogen-bond donors (Lipinski definition) is 1. The standard InChI is InChI=1S/C53H37BN2O2S/c1-28-21-38(34-26-49-37(33-13-7-10-16-48(33)59-49)22-41(34)55-30-19-17-29(18-20-30)53(2,3)4)51-52-50(28)39-25-46-35(31-11-5-8-14-44(31)57-46)23-42(39)56(52)43-24-36-32-12-6-9-15-45(32)58-47(36)27-40(43)54-51/h5-27,54-55H,1-4H3. The van der Waals surface area contributed by atoms with E-state index in [2.05, 4.69) is 171 Å². The number of aromatic nitrogens is 1. The molecule has 6 heteroatoms. The van der Waals surface area contributed by atoms with Gasteiger partial charge < -0.3 is 18.7 Å². The maximum Gasteiger partial charge on any atom is 0.198 e. The molecular weight excluding hydrogens is 739 g/mol. The largest absolute Gasteiger partial charge is 0.456 e. The van der Waals surface area contributed by atoms with Crippen LogP contribution in [0, 0.1) is 6.92 Å². The van der Waals surface area contributed by atoms with E-state index in [0.29, 0.717) is 0 Å². The summed E-state index contributed by atoms with van der Waals surface area (Å²) in [5.74, 6) is 0. The predicted molar refractivity (Wildman–Crippen MR) is 253 cm³/mol. The predicted octanol–water partition coefficient (Wildman–Crippen LogP) is 13.7. The molecule has 280 valence electrons. The van der Waals surface area contributed by atoms with Gasteiger partial charge in [0, 0.05) is 80.6 Å². The molecule has 0 spiro atoms. The minimum Gasteiger partial charge on any atom is -0.456 e. The number of furan rings is 2. The molecule has 1 aliphatic heterocycles. The van der Waals surface area contributed by atoms with Gasteiger partial charge in [0.05, 0.1) is 5.52 Å². The Bertz CT molecular complexity index is 3780. The Kier molecular flexibility index (Phi) is 6.58. The van der Waals surface area contributed by atoms with Crippen molar-refractivity contribution in [1.82, 2.24) is 4.57 Å². The second kappa shape index (κ2) is 11.7. The lowest BCUT2D eigenvalue weighted by atomic mass is 9.58. The van der Waals surface area contributed by atoms with Gasteiger partial charge in [0.25, 0.3) is 0 Å². The van der Waals surface area contributed by atoms with Gasteiger partial charge in [-0.2, -0.15) is 0 Å². The minimum atomic E-state index is 0.0755. The molecule has 0 saturated heterocycles. The Morgan fingerprint density at radius 3 is 2.00 bits per heavy atom. The zero-order valence-corrected chi connectivity index (χ0v) is 34.0. The van der Waals surface area contributed by atoms with Crippen LogP contribution in [0.15, 0.2) is 148 Å². The number of nitrogens with one attached hydrogen (secondary N) is 1. The topological polar surface area (TPSA) is 43.2 Å². The van der Waals surface area contributed by atoms with Gasteiger partial charge in [-0.25, -0.2) is 0 Å². The quantitative estimate of drug-likeness (QED) is 0.182. The number of hydrogen-bond acceptors (Lipinski definition) is 4. The van der Waals surface area contributed by atoms with Crippen LogP contribution in [0.5, 0.6) is 0 Å². The molecule has 0 aliphatic carbocycles. The number of fused-ring (bicyclic) bond motifs is 14. The third-order valence-corrected chi connectivity index (χ3v) is 14.0. The smallest absolute Gasteiger partial charge is 0.198 e. The first kappa shape index (κ1) is 33.2. The van der Waals surface area contributed by atoms with Gasteiger partial charge in [0.1, 0.15) is 22.3 Å². The molecular formula is C53H37BN2O2S. The minimum absolute atomic E-state index is 0.0755. The molecule has 0 atom stereocenters. The van der Waals surface area contributed by atoms with Crippen molar-refractivity contribution in [2.45, 2.75) is 33.1 Å². The number of nitrogens with zero attached hydrogens (tertiary/aromatic N) is 1. The van der Waals surface area contributed by atoms with E-state index in [1.807, 2.05) is 17.4 Å². The summed E-state index contributed by atoms with van der Waals surface area (Å²) in [6.07, 6.45) is 0. The lowest BCUT2D eigenvalue weighted by Gasteiger charge is -2.25. The van der Waals surface area contributed by atoms with Crippen molar-refractivity contribution in [3.8, 4) is 16.8 Å².